The van der Waals surface area contributed by atoms with Gasteiger partial charge in [-0.05, 0) is 35.7 Å². The second-order valence-corrected chi connectivity index (χ2v) is 7.89. The van der Waals surface area contributed by atoms with Gasteiger partial charge < -0.3 is 9.15 Å². The monoisotopic (exact) mass is 419 g/mol. The Bertz CT molecular complexity index is 1260. The summed E-state index contributed by atoms with van der Waals surface area (Å²) >= 11 is 1.35. The summed E-state index contributed by atoms with van der Waals surface area (Å²) in [5.74, 6) is 0.602. The van der Waals surface area contributed by atoms with Crippen LogP contribution >= 0.6 is 11.3 Å². The van der Waals surface area contributed by atoms with Gasteiger partial charge in [0.05, 0.1) is 12.8 Å². The van der Waals surface area contributed by atoms with Crippen molar-refractivity contribution < 1.29 is 13.9 Å². The van der Waals surface area contributed by atoms with Gasteiger partial charge in [0.15, 0.2) is 16.5 Å². The van der Waals surface area contributed by atoms with Crippen molar-refractivity contribution in [2.45, 2.75) is 19.8 Å². The number of hydrogen-bond acceptors (Lipinski definition) is 6. The molecule has 0 spiro atoms. The van der Waals surface area contributed by atoms with Gasteiger partial charge in [0.25, 0.3) is 5.91 Å². The summed E-state index contributed by atoms with van der Waals surface area (Å²) in [5, 5.41) is 5.86. The highest BCUT2D eigenvalue weighted by atomic mass is 32.1. The predicted octanol–water partition coefficient (Wildman–Crippen LogP) is 5.51. The molecule has 0 saturated carbocycles. The first-order chi connectivity index (χ1) is 14.5. The Kier molecular flexibility index (Phi) is 5.63. The van der Waals surface area contributed by atoms with Crippen molar-refractivity contribution in [2.24, 2.45) is 4.99 Å². The van der Waals surface area contributed by atoms with Crippen LogP contribution in [-0.4, -0.2) is 18.0 Å². The van der Waals surface area contributed by atoms with Gasteiger partial charge >= 0.3 is 0 Å². The number of anilines is 1. The number of carbonyl (C=O) groups excluding carboxylic acids is 1. The number of methoxy groups -OCH3 is 1. The summed E-state index contributed by atoms with van der Waals surface area (Å²) in [6.45, 7) is 4.24. The lowest BCUT2D eigenvalue weighted by Gasteiger charge is -2.08. The van der Waals surface area contributed by atoms with E-state index >= 15 is 0 Å². The number of benzene rings is 2. The van der Waals surface area contributed by atoms with Crippen molar-refractivity contribution in [1.29, 1.82) is 0 Å². The smallest absolute Gasteiger partial charge is 0.262 e. The summed E-state index contributed by atoms with van der Waals surface area (Å²) in [4.78, 5) is 21.8. The maximum absolute atomic E-state index is 13.0. The Labute approximate surface area is 177 Å². The van der Waals surface area contributed by atoms with Gasteiger partial charge in [0.1, 0.15) is 5.56 Å². The number of rotatable bonds is 5. The van der Waals surface area contributed by atoms with Crippen LogP contribution in [0.1, 0.15) is 35.7 Å². The molecule has 0 unspecified atom stereocenters. The molecule has 4 aromatic rings. The molecule has 4 rings (SSSR count). The quantitative estimate of drug-likeness (QED) is 0.463. The van der Waals surface area contributed by atoms with E-state index in [0.717, 1.165) is 10.9 Å². The first-order valence-electron chi connectivity index (χ1n) is 9.51. The predicted molar refractivity (Wildman–Crippen MR) is 119 cm³/mol. The van der Waals surface area contributed by atoms with Crippen LogP contribution in [0.15, 0.2) is 69.5 Å². The number of para-hydroxylation sites is 1. The average Bonchev–Trinajstić information content (AvgIpc) is 3.26. The van der Waals surface area contributed by atoms with E-state index in [0.29, 0.717) is 33.6 Å². The van der Waals surface area contributed by atoms with E-state index in [1.165, 1.54) is 11.3 Å². The van der Waals surface area contributed by atoms with Crippen LogP contribution in [0.2, 0.25) is 0 Å². The molecule has 2 aromatic carbocycles. The number of amides is 1. The summed E-state index contributed by atoms with van der Waals surface area (Å²) in [6.07, 6.45) is 1.64. The van der Waals surface area contributed by atoms with Crippen molar-refractivity contribution in [1.82, 2.24) is 4.98 Å². The summed E-state index contributed by atoms with van der Waals surface area (Å²) in [7, 11) is 1.58. The largest absolute Gasteiger partial charge is 0.493 e. The highest BCUT2D eigenvalue weighted by molar-refractivity contribution is 7.13. The summed E-state index contributed by atoms with van der Waals surface area (Å²) in [6, 6.07) is 15.2. The number of fused-ring (bicyclic) bond motifs is 1. The fourth-order valence-electron chi connectivity index (χ4n) is 3.05. The van der Waals surface area contributed by atoms with Crippen molar-refractivity contribution >= 4 is 39.0 Å². The van der Waals surface area contributed by atoms with Crippen LogP contribution < -0.4 is 15.6 Å². The van der Waals surface area contributed by atoms with Gasteiger partial charge in [-0.1, -0.05) is 38.1 Å². The number of nitrogens with one attached hydrogen (secondary N) is 1. The topological polar surface area (TPSA) is 76.7 Å². The lowest BCUT2D eigenvalue weighted by Crippen LogP contribution is -2.21. The van der Waals surface area contributed by atoms with Crippen LogP contribution in [0, 0.1) is 0 Å². The number of nitrogens with zero attached hydrogens (tertiary/aromatic N) is 2. The minimum atomic E-state index is -0.336. The number of ether oxygens (including phenoxy) is 1. The van der Waals surface area contributed by atoms with Crippen molar-refractivity contribution in [3.8, 4) is 5.75 Å². The second kappa shape index (κ2) is 8.51. The Morgan fingerprint density at radius 3 is 2.77 bits per heavy atom. The Morgan fingerprint density at radius 1 is 1.20 bits per heavy atom. The Hall–Kier alpha value is -3.45. The van der Waals surface area contributed by atoms with Crippen LogP contribution in [0.5, 0.6) is 5.75 Å². The normalized spacial score (nSPS) is 11.8. The maximum atomic E-state index is 13.0. The fourth-order valence-corrected chi connectivity index (χ4v) is 3.58. The first-order valence-corrected chi connectivity index (χ1v) is 10.4. The van der Waals surface area contributed by atoms with Gasteiger partial charge in [0.2, 0.25) is 5.55 Å². The molecule has 0 aliphatic heterocycles. The number of aromatic nitrogens is 1. The van der Waals surface area contributed by atoms with Crippen molar-refractivity contribution in [3.05, 3.63) is 76.8 Å². The molecule has 0 aliphatic rings. The van der Waals surface area contributed by atoms with E-state index in [1.54, 1.807) is 24.8 Å². The molecule has 2 heterocycles. The zero-order valence-electron chi connectivity index (χ0n) is 16.9. The SMILES string of the molecule is COc1cccc2cc(C(=O)Nc3nccs3)c(=Nc3cccc(C(C)C)c3)oc12. The lowest BCUT2D eigenvalue weighted by molar-refractivity contribution is 0.102. The minimum absolute atomic E-state index is 0.210. The lowest BCUT2D eigenvalue weighted by atomic mass is 10.0. The Morgan fingerprint density at radius 2 is 2.03 bits per heavy atom. The van der Waals surface area contributed by atoms with Gasteiger partial charge in [-0.3, -0.25) is 10.1 Å². The van der Waals surface area contributed by atoms with Crippen molar-refractivity contribution in [3.63, 3.8) is 0 Å². The van der Waals surface area contributed by atoms with Crippen LogP contribution in [0.3, 0.4) is 0 Å². The highest BCUT2D eigenvalue weighted by Crippen LogP contribution is 2.26. The van der Waals surface area contributed by atoms with E-state index in [-0.39, 0.29) is 11.5 Å². The van der Waals surface area contributed by atoms with Crippen molar-refractivity contribution in [2.75, 3.05) is 12.4 Å². The molecule has 1 amide bonds. The van der Waals surface area contributed by atoms with E-state index < -0.39 is 0 Å². The van der Waals surface area contributed by atoms with Crippen LogP contribution in [0.25, 0.3) is 11.0 Å². The molecular weight excluding hydrogens is 398 g/mol. The highest BCUT2D eigenvalue weighted by Gasteiger charge is 2.16. The molecule has 0 atom stereocenters. The third kappa shape index (κ3) is 4.11. The standard InChI is InChI=1S/C23H21N3O3S/c1-14(2)15-6-4-8-17(12-15)25-22-18(21(27)26-23-24-10-11-30-23)13-16-7-5-9-19(28-3)20(16)29-22/h4-14H,1-3H3,(H,24,26,27). The summed E-state index contributed by atoms with van der Waals surface area (Å²) in [5.41, 5.74) is 2.93. The number of carbonyl (C=O) groups is 1. The second-order valence-electron chi connectivity index (χ2n) is 7.00. The average molecular weight is 420 g/mol. The molecule has 1 N–H and O–H groups in total. The molecule has 6 nitrogen and oxygen atoms in total. The van der Waals surface area contributed by atoms with E-state index in [4.69, 9.17) is 9.15 Å². The molecule has 30 heavy (non-hydrogen) atoms. The van der Waals surface area contributed by atoms with E-state index in [9.17, 15) is 4.79 Å². The fraction of sp³-hybridized carbons (Fsp3) is 0.174. The zero-order valence-corrected chi connectivity index (χ0v) is 17.7. The van der Waals surface area contributed by atoms with Gasteiger partial charge in [0, 0.05) is 17.0 Å². The molecule has 0 fully saturated rings. The first kappa shape index (κ1) is 19.8. The van der Waals surface area contributed by atoms with E-state index in [2.05, 4.69) is 35.2 Å². The van der Waals surface area contributed by atoms with E-state index in [1.807, 2.05) is 36.4 Å². The third-order valence-corrected chi connectivity index (χ3v) is 5.31. The van der Waals surface area contributed by atoms with Crippen LogP contribution in [-0.2, 0) is 0 Å². The van der Waals surface area contributed by atoms with Crippen LogP contribution in [0.4, 0.5) is 10.8 Å². The molecular formula is C23H21N3O3S. The molecule has 0 saturated heterocycles. The molecule has 2 aromatic heterocycles. The van der Waals surface area contributed by atoms with Gasteiger partial charge in [-0.15, -0.1) is 11.3 Å². The third-order valence-electron chi connectivity index (χ3n) is 4.62. The maximum Gasteiger partial charge on any atom is 0.262 e. The van der Waals surface area contributed by atoms with Gasteiger partial charge in [-0.25, -0.2) is 9.98 Å². The Balaban J connectivity index is 1.90. The molecule has 0 radical (unpaired) electrons. The zero-order chi connectivity index (χ0) is 21.1. The summed E-state index contributed by atoms with van der Waals surface area (Å²) < 4.78 is 11.5. The molecule has 0 aliphatic carbocycles. The number of thiazole rings is 1. The molecule has 0 bridgehead atoms. The number of hydrogen-bond donors (Lipinski definition) is 1. The minimum Gasteiger partial charge on any atom is -0.493 e. The van der Waals surface area contributed by atoms with Gasteiger partial charge in [-0.2, -0.15) is 0 Å². The molecule has 152 valence electrons. The molecule has 7 heteroatoms.